The number of aromatic nitrogens is 1. The van der Waals surface area contributed by atoms with Gasteiger partial charge in [0.05, 0.1) is 17.8 Å². The van der Waals surface area contributed by atoms with E-state index in [0.717, 1.165) is 0 Å². The zero-order valence-electron chi connectivity index (χ0n) is 12.5. The molecule has 0 amide bonds. The Hall–Kier alpha value is -1.96. The van der Waals surface area contributed by atoms with Crippen LogP contribution in [0.1, 0.15) is 32.4 Å². The number of rotatable bonds is 4. The molecule has 0 aliphatic heterocycles. The van der Waals surface area contributed by atoms with E-state index >= 15 is 0 Å². The van der Waals surface area contributed by atoms with Gasteiger partial charge < -0.3 is 19.6 Å². The van der Waals surface area contributed by atoms with E-state index in [4.69, 9.17) is 49.7 Å². The van der Waals surface area contributed by atoms with Gasteiger partial charge in [-0.25, -0.2) is 14.6 Å². The molecule has 10 heteroatoms. The van der Waals surface area contributed by atoms with E-state index in [2.05, 4.69) is 9.72 Å². The normalized spacial score (nSPS) is 10.5. The summed E-state index contributed by atoms with van der Waals surface area (Å²) in [6, 6.07) is 1.54. The smallest absolute Gasteiger partial charge is 0.374 e. The van der Waals surface area contributed by atoms with Crippen LogP contribution in [0.3, 0.4) is 0 Å². The van der Waals surface area contributed by atoms with Gasteiger partial charge in [0, 0.05) is 5.56 Å². The van der Waals surface area contributed by atoms with E-state index in [1.54, 1.807) is 6.92 Å². The highest BCUT2D eigenvalue weighted by Crippen LogP contribution is 2.34. The number of hydrogen-bond acceptors (Lipinski definition) is 7. The number of carbonyl (C=O) groups excluding carboxylic acids is 2. The largest absolute Gasteiger partial charge is 0.463 e. The fourth-order valence-corrected chi connectivity index (χ4v) is 2.37. The number of nitrogens with zero attached hydrogens (tertiary/aromatic N) is 1. The third-order valence-corrected chi connectivity index (χ3v) is 4.09. The molecule has 2 aromatic rings. The van der Waals surface area contributed by atoms with Gasteiger partial charge in [-0.15, -0.1) is 0 Å². The zero-order valence-corrected chi connectivity index (χ0v) is 14.8. The number of nitrogens with two attached hydrogens (primary N) is 1. The number of ether oxygens (including phenoxy) is 2. The van der Waals surface area contributed by atoms with E-state index in [0.29, 0.717) is 5.56 Å². The van der Waals surface area contributed by atoms with Gasteiger partial charge in [0.15, 0.2) is 10.8 Å². The van der Waals surface area contributed by atoms with Gasteiger partial charge >= 0.3 is 11.9 Å². The van der Waals surface area contributed by atoms with Gasteiger partial charge in [0.25, 0.3) is 0 Å². The summed E-state index contributed by atoms with van der Waals surface area (Å²) >= 11 is 17.5. The lowest BCUT2D eigenvalue weighted by molar-refractivity contribution is 0.0432. The third-order valence-electron chi connectivity index (χ3n) is 2.95. The van der Waals surface area contributed by atoms with E-state index in [-0.39, 0.29) is 44.7 Å². The molecule has 7 nitrogen and oxygen atoms in total. The number of furan rings is 1. The molecule has 128 valence electrons. The van der Waals surface area contributed by atoms with Crippen LogP contribution in [-0.2, 0) is 16.1 Å². The monoisotopic (exact) mass is 392 g/mol. The standard InChI is InChI=1S/C14H11Cl3N2O5/c1-5-3-6(24-11(5)14(21)22-2)4-23-13(20)10-7(15)9(18)8(16)12(17)19-10/h3H,4H2,1-2H3,(H2,18,19). The molecule has 0 radical (unpaired) electrons. The molecule has 0 fully saturated rings. The molecule has 2 rings (SSSR count). The van der Waals surface area contributed by atoms with Crippen LogP contribution < -0.4 is 5.73 Å². The molecule has 24 heavy (non-hydrogen) atoms. The maximum absolute atomic E-state index is 12.1. The number of anilines is 1. The number of halogens is 3. The first-order valence-electron chi connectivity index (χ1n) is 6.41. The van der Waals surface area contributed by atoms with Crippen molar-refractivity contribution in [3.8, 4) is 0 Å². The number of esters is 2. The lowest BCUT2D eigenvalue weighted by Crippen LogP contribution is -2.10. The minimum Gasteiger partial charge on any atom is -0.463 e. The van der Waals surface area contributed by atoms with Crippen molar-refractivity contribution in [3.05, 3.63) is 44.0 Å². The molecule has 0 spiro atoms. The van der Waals surface area contributed by atoms with Crippen LogP contribution in [0.5, 0.6) is 0 Å². The van der Waals surface area contributed by atoms with E-state index in [9.17, 15) is 9.59 Å². The lowest BCUT2D eigenvalue weighted by atomic mass is 10.2. The predicted molar refractivity (Wildman–Crippen MR) is 87.6 cm³/mol. The molecule has 0 saturated carbocycles. The summed E-state index contributed by atoms with van der Waals surface area (Å²) in [5.74, 6) is -1.24. The van der Waals surface area contributed by atoms with Gasteiger partial charge in [0.1, 0.15) is 17.4 Å². The molecule has 0 saturated heterocycles. The number of methoxy groups -OCH3 is 1. The molecule has 2 N–H and O–H groups in total. The quantitative estimate of drug-likeness (QED) is 0.624. The SMILES string of the molecule is COC(=O)c1oc(COC(=O)c2nc(Cl)c(Cl)c(N)c2Cl)cc1C. The van der Waals surface area contributed by atoms with Gasteiger partial charge in [-0.2, -0.15) is 0 Å². The second-order valence-corrected chi connectivity index (χ2v) is 5.70. The lowest BCUT2D eigenvalue weighted by Gasteiger charge is -2.08. The molecular formula is C14H11Cl3N2O5. The summed E-state index contributed by atoms with van der Waals surface area (Å²) in [6.45, 7) is 1.40. The van der Waals surface area contributed by atoms with E-state index < -0.39 is 11.9 Å². The molecule has 0 aromatic carbocycles. The summed E-state index contributed by atoms with van der Waals surface area (Å²) in [5.41, 5.74) is 5.82. The van der Waals surface area contributed by atoms with Crippen molar-refractivity contribution in [3.63, 3.8) is 0 Å². The first kappa shape index (κ1) is 18.4. The molecule has 2 heterocycles. The number of pyridine rings is 1. The van der Waals surface area contributed by atoms with Crippen LogP contribution in [-0.4, -0.2) is 24.0 Å². The maximum Gasteiger partial charge on any atom is 0.374 e. The van der Waals surface area contributed by atoms with Gasteiger partial charge in [-0.3, -0.25) is 0 Å². The highest BCUT2D eigenvalue weighted by molar-refractivity contribution is 6.46. The fraction of sp³-hybridized carbons (Fsp3) is 0.214. The highest BCUT2D eigenvalue weighted by Gasteiger charge is 2.22. The van der Waals surface area contributed by atoms with Gasteiger partial charge in [-0.05, 0) is 13.0 Å². The molecule has 0 aliphatic rings. The minimum absolute atomic E-state index is 0.0264. The summed E-state index contributed by atoms with van der Waals surface area (Å²) in [6.07, 6.45) is 0. The van der Waals surface area contributed by atoms with Crippen LogP contribution in [0.4, 0.5) is 5.69 Å². The Balaban J connectivity index is 2.16. The van der Waals surface area contributed by atoms with Crippen LogP contribution in [0, 0.1) is 6.92 Å². The second-order valence-electron chi connectivity index (χ2n) is 4.59. The summed E-state index contributed by atoms with van der Waals surface area (Å²) in [7, 11) is 1.23. The molecule has 2 aromatic heterocycles. The van der Waals surface area contributed by atoms with Crippen molar-refractivity contribution in [2.24, 2.45) is 0 Å². The molecule has 0 unspecified atom stereocenters. The number of carbonyl (C=O) groups is 2. The van der Waals surface area contributed by atoms with Crippen molar-refractivity contribution >= 4 is 52.4 Å². The topological polar surface area (TPSA) is 105 Å². The minimum atomic E-state index is -0.876. The Kier molecular flexibility index (Phi) is 5.58. The van der Waals surface area contributed by atoms with Crippen molar-refractivity contribution in [1.82, 2.24) is 4.98 Å². The summed E-state index contributed by atoms with van der Waals surface area (Å²) in [4.78, 5) is 27.3. The molecular weight excluding hydrogens is 383 g/mol. The third kappa shape index (κ3) is 3.58. The summed E-state index contributed by atoms with van der Waals surface area (Å²) in [5, 5.41) is -0.393. The predicted octanol–water partition coefficient (Wildman–Crippen LogP) is 3.67. The maximum atomic E-state index is 12.1. The van der Waals surface area contributed by atoms with Crippen LogP contribution in [0.2, 0.25) is 15.2 Å². The Bertz CT molecular complexity index is 819. The van der Waals surface area contributed by atoms with Crippen LogP contribution in [0.25, 0.3) is 0 Å². The zero-order chi connectivity index (χ0) is 18.0. The first-order valence-corrected chi connectivity index (χ1v) is 7.54. The Morgan fingerprint density at radius 3 is 2.54 bits per heavy atom. The fourth-order valence-electron chi connectivity index (χ4n) is 1.79. The van der Waals surface area contributed by atoms with Crippen molar-refractivity contribution in [1.29, 1.82) is 0 Å². The summed E-state index contributed by atoms with van der Waals surface area (Å²) < 4.78 is 14.9. The van der Waals surface area contributed by atoms with Crippen LogP contribution >= 0.6 is 34.8 Å². The first-order chi connectivity index (χ1) is 11.3. The molecule has 0 aliphatic carbocycles. The van der Waals surface area contributed by atoms with Gasteiger partial charge in [-0.1, -0.05) is 34.8 Å². The van der Waals surface area contributed by atoms with Crippen molar-refractivity contribution in [2.75, 3.05) is 12.8 Å². The van der Waals surface area contributed by atoms with Crippen LogP contribution in [0.15, 0.2) is 10.5 Å². The van der Waals surface area contributed by atoms with Crippen molar-refractivity contribution in [2.45, 2.75) is 13.5 Å². The van der Waals surface area contributed by atoms with E-state index in [1.165, 1.54) is 13.2 Å². The Morgan fingerprint density at radius 2 is 1.92 bits per heavy atom. The number of hydrogen-bond donors (Lipinski definition) is 1. The molecule has 0 bridgehead atoms. The highest BCUT2D eigenvalue weighted by atomic mass is 35.5. The number of aryl methyl sites for hydroxylation is 1. The average molecular weight is 394 g/mol. The van der Waals surface area contributed by atoms with Gasteiger partial charge in [0.2, 0.25) is 5.76 Å². The second kappa shape index (κ2) is 7.29. The van der Waals surface area contributed by atoms with E-state index in [1.807, 2.05) is 0 Å². The average Bonchev–Trinajstić information content (AvgIpc) is 2.94. The number of nitrogen functional groups attached to an aromatic ring is 1. The Morgan fingerprint density at radius 1 is 1.25 bits per heavy atom. The van der Waals surface area contributed by atoms with Crippen molar-refractivity contribution < 1.29 is 23.5 Å². The Labute approximate surface area is 151 Å². The molecule has 0 atom stereocenters.